The fourth-order valence-electron chi connectivity index (χ4n) is 3.82. The number of rotatable bonds is 6. The maximum atomic E-state index is 13.9. The average Bonchev–Trinajstić information content (AvgIpc) is 2.63. The fourth-order valence-corrected chi connectivity index (χ4v) is 3.82. The Morgan fingerprint density at radius 1 is 0.960 bits per heavy atom. The molecule has 0 amide bonds. The SMILES string of the molecule is CCCCCCc1ccc(C2CCc3c(cc(F)c(F)c3F)C2)cc1. The van der Waals surface area contributed by atoms with Gasteiger partial charge in [-0.3, -0.25) is 0 Å². The highest BCUT2D eigenvalue weighted by Gasteiger charge is 2.26. The van der Waals surface area contributed by atoms with Gasteiger partial charge in [0.2, 0.25) is 0 Å². The third kappa shape index (κ3) is 4.08. The first-order valence-electron chi connectivity index (χ1n) is 9.34. The molecule has 2 aromatic carbocycles. The van der Waals surface area contributed by atoms with E-state index in [1.165, 1.54) is 42.9 Å². The summed E-state index contributed by atoms with van der Waals surface area (Å²) >= 11 is 0. The van der Waals surface area contributed by atoms with Gasteiger partial charge in [0.25, 0.3) is 0 Å². The van der Waals surface area contributed by atoms with Gasteiger partial charge >= 0.3 is 0 Å². The van der Waals surface area contributed by atoms with E-state index in [0.29, 0.717) is 24.0 Å². The number of halogens is 3. The van der Waals surface area contributed by atoms with Gasteiger partial charge in [0.15, 0.2) is 17.5 Å². The van der Waals surface area contributed by atoms with E-state index >= 15 is 0 Å². The minimum Gasteiger partial charge on any atom is -0.204 e. The molecule has 0 aromatic heterocycles. The molecular weight excluding hydrogens is 321 g/mol. The van der Waals surface area contributed by atoms with Crippen molar-refractivity contribution in [3.05, 3.63) is 70.0 Å². The normalized spacial score (nSPS) is 16.7. The van der Waals surface area contributed by atoms with Gasteiger partial charge in [-0.15, -0.1) is 0 Å². The summed E-state index contributed by atoms with van der Waals surface area (Å²) in [4.78, 5) is 0. The fraction of sp³-hybridized carbons (Fsp3) is 0.455. The summed E-state index contributed by atoms with van der Waals surface area (Å²) in [5.41, 5.74) is 3.50. The molecule has 0 spiro atoms. The zero-order valence-electron chi connectivity index (χ0n) is 14.8. The lowest BCUT2D eigenvalue weighted by atomic mass is 9.79. The molecule has 1 atom stereocenters. The van der Waals surface area contributed by atoms with E-state index in [2.05, 4.69) is 31.2 Å². The van der Waals surface area contributed by atoms with Crippen LogP contribution in [0.25, 0.3) is 0 Å². The van der Waals surface area contributed by atoms with Crippen LogP contribution in [0.2, 0.25) is 0 Å². The van der Waals surface area contributed by atoms with Crippen molar-refractivity contribution in [2.24, 2.45) is 0 Å². The van der Waals surface area contributed by atoms with E-state index in [1.807, 2.05) is 0 Å². The van der Waals surface area contributed by atoms with E-state index in [1.54, 1.807) is 0 Å². The average molecular weight is 346 g/mol. The number of fused-ring (bicyclic) bond motifs is 1. The van der Waals surface area contributed by atoms with E-state index in [-0.39, 0.29) is 5.92 Å². The Morgan fingerprint density at radius 2 is 1.72 bits per heavy atom. The standard InChI is InChI=1S/C22H25F3/c1-2-3-4-5-6-15-7-9-16(10-8-15)17-11-12-19-18(13-17)14-20(23)22(25)21(19)24/h7-10,14,17H,2-6,11-13H2,1H3. The summed E-state index contributed by atoms with van der Waals surface area (Å²) in [6.07, 6.45) is 7.91. The van der Waals surface area contributed by atoms with Gasteiger partial charge in [0, 0.05) is 0 Å². The first-order chi connectivity index (χ1) is 12.1. The van der Waals surface area contributed by atoms with Crippen molar-refractivity contribution in [2.75, 3.05) is 0 Å². The molecule has 0 N–H and O–H groups in total. The molecule has 0 aliphatic heterocycles. The molecule has 134 valence electrons. The predicted octanol–water partition coefficient (Wildman–Crippen LogP) is 6.50. The molecule has 25 heavy (non-hydrogen) atoms. The van der Waals surface area contributed by atoms with Crippen LogP contribution in [0.4, 0.5) is 13.2 Å². The number of hydrogen-bond acceptors (Lipinski definition) is 0. The third-order valence-electron chi connectivity index (χ3n) is 5.34. The largest absolute Gasteiger partial charge is 0.204 e. The van der Waals surface area contributed by atoms with Gasteiger partial charge < -0.3 is 0 Å². The van der Waals surface area contributed by atoms with Crippen molar-refractivity contribution in [1.29, 1.82) is 0 Å². The Bertz CT molecular complexity index is 719. The molecule has 2 aromatic rings. The molecule has 0 fully saturated rings. The zero-order valence-corrected chi connectivity index (χ0v) is 14.8. The first kappa shape index (κ1) is 18.0. The molecule has 0 nitrogen and oxygen atoms in total. The van der Waals surface area contributed by atoms with Gasteiger partial charge in [-0.05, 0) is 66.3 Å². The zero-order chi connectivity index (χ0) is 17.8. The topological polar surface area (TPSA) is 0 Å². The summed E-state index contributed by atoms with van der Waals surface area (Å²) in [6.45, 7) is 2.21. The van der Waals surface area contributed by atoms with Crippen molar-refractivity contribution in [2.45, 2.75) is 64.2 Å². The molecule has 1 unspecified atom stereocenters. The Labute approximate surface area is 148 Å². The second-order valence-corrected chi connectivity index (χ2v) is 7.12. The number of unbranched alkanes of at least 4 members (excludes halogenated alkanes) is 3. The van der Waals surface area contributed by atoms with E-state index < -0.39 is 17.5 Å². The van der Waals surface area contributed by atoms with Gasteiger partial charge in [0.1, 0.15) is 0 Å². The second kappa shape index (κ2) is 8.07. The summed E-state index contributed by atoms with van der Waals surface area (Å²) in [5, 5.41) is 0. The Morgan fingerprint density at radius 3 is 2.44 bits per heavy atom. The van der Waals surface area contributed by atoms with Crippen LogP contribution >= 0.6 is 0 Å². The molecule has 0 bridgehead atoms. The summed E-state index contributed by atoms with van der Waals surface area (Å²) < 4.78 is 40.8. The van der Waals surface area contributed by atoms with Crippen LogP contribution in [0.5, 0.6) is 0 Å². The van der Waals surface area contributed by atoms with E-state index in [4.69, 9.17) is 0 Å². The smallest absolute Gasteiger partial charge is 0.194 e. The predicted molar refractivity (Wildman–Crippen MR) is 95.4 cm³/mol. The molecule has 1 aliphatic rings. The molecule has 0 saturated carbocycles. The van der Waals surface area contributed by atoms with Crippen LogP contribution in [0.1, 0.15) is 67.2 Å². The second-order valence-electron chi connectivity index (χ2n) is 7.12. The lowest BCUT2D eigenvalue weighted by Crippen LogP contribution is -2.16. The van der Waals surface area contributed by atoms with Crippen molar-refractivity contribution in [3.63, 3.8) is 0 Å². The van der Waals surface area contributed by atoms with Gasteiger partial charge in [-0.1, -0.05) is 50.5 Å². The van der Waals surface area contributed by atoms with Gasteiger partial charge in [0.05, 0.1) is 0 Å². The van der Waals surface area contributed by atoms with Crippen molar-refractivity contribution >= 4 is 0 Å². The number of hydrogen-bond donors (Lipinski definition) is 0. The van der Waals surface area contributed by atoms with Crippen LogP contribution in [-0.4, -0.2) is 0 Å². The number of benzene rings is 2. The van der Waals surface area contributed by atoms with Crippen molar-refractivity contribution < 1.29 is 13.2 Å². The minimum atomic E-state index is -1.34. The first-order valence-corrected chi connectivity index (χ1v) is 9.34. The molecule has 3 rings (SSSR count). The Hall–Kier alpha value is -1.77. The minimum absolute atomic E-state index is 0.242. The molecule has 0 saturated heterocycles. The molecule has 3 heteroatoms. The molecule has 1 aliphatic carbocycles. The Balaban J connectivity index is 1.68. The van der Waals surface area contributed by atoms with E-state index in [0.717, 1.165) is 12.8 Å². The van der Waals surface area contributed by atoms with Crippen molar-refractivity contribution in [3.8, 4) is 0 Å². The van der Waals surface area contributed by atoms with Gasteiger partial charge in [-0.2, -0.15) is 0 Å². The van der Waals surface area contributed by atoms with Gasteiger partial charge in [-0.25, -0.2) is 13.2 Å². The van der Waals surface area contributed by atoms with Crippen LogP contribution in [0.3, 0.4) is 0 Å². The van der Waals surface area contributed by atoms with Crippen LogP contribution in [0, 0.1) is 17.5 Å². The quantitative estimate of drug-likeness (QED) is 0.414. The Kier molecular flexibility index (Phi) is 5.82. The van der Waals surface area contributed by atoms with Crippen LogP contribution in [-0.2, 0) is 19.3 Å². The van der Waals surface area contributed by atoms with E-state index in [9.17, 15) is 13.2 Å². The highest BCUT2D eigenvalue weighted by molar-refractivity contribution is 5.36. The maximum absolute atomic E-state index is 13.9. The summed E-state index contributed by atoms with van der Waals surface area (Å²) in [5.74, 6) is -3.19. The summed E-state index contributed by atoms with van der Waals surface area (Å²) in [7, 11) is 0. The lowest BCUT2D eigenvalue weighted by Gasteiger charge is -2.25. The van der Waals surface area contributed by atoms with Crippen LogP contribution < -0.4 is 0 Å². The third-order valence-corrected chi connectivity index (χ3v) is 5.34. The van der Waals surface area contributed by atoms with Crippen LogP contribution in [0.15, 0.2) is 30.3 Å². The van der Waals surface area contributed by atoms with Crippen molar-refractivity contribution in [1.82, 2.24) is 0 Å². The monoisotopic (exact) mass is 346 g/mol. The lowest BCUT2D eigenvalue weighted by molar-refractivity contribution is 0.428. The highest BCUT2D eigenvalue weighted by Crippen LogP contribution is 2.35. The summed E-state index contributed by atoms with van der Waals surface area (Å²) in [6, 6.07) is 9.79. The molecule has 0 heterocycles. The highest BCUT2D eigenvalue weighted by atomic mass is 19.2. The molecule has 0 radical (unpaired) electrons. The number of aryl methyl sites for hydroxylation is 1. The maximum Gasteiger partial charge on any atom is 0.194 e. The molecular formula is C22H25F3.